The van der Waals surface area contributed by atoms with Crippen LogP contribution in [0.15, 0.2) is 0 Å². The molecule has 4 heteroatoms. The predicted molar refractivity (Wildman–Crippen MR) is 51.4 cm³/mol. The third-order valence-electron chi connectivity index (χ3n) is 1.99. The summed E-state index contributed by atoms with van der Waals surface area (Å²) in [7, 11) is 0. The van der Waals surface area contributed by atoms with E-state index in [-0.39, 0.29) is 6.61 Å². The topological polar surface area (TPSA) is 52.5 Å². The van der Waals surface area contributed by atoms with E-state index in [0.717, 1.165) is 11.8 Å². The Morgan fingerprint density at radius 1 is 1.58 bits per heavy atom. The predicted octanol–water partition coefficient (Wildman–Crippen LogP) is -0.175. The number of aliphatic hydroxyl groups excluding tert-OH is 2. The molecule has 0 saturated carbocycles. The second-order valence-corrected chi connectivity index (χ2v) is 4.54. The average Bonchev–Trinajstić information content (AvgIpc) is 2.57. The molecule has 2 atom stereocenters. The molecule has 1 heterocycles. The van der Waals surface area contributed by atoms with Crippen molar-refractivity contribution in [2.45, 2.75) is 24.2 Å². The number of rotatable bonds is 5. The van der Waals surface area contributed by atoms with Gasteiger partial charge < -0.3 is 15.5 Å². The fourth-order valence-electron chi connectivity index (χ4n) is 1.28. The SMILES string of the molecule is OCC(O)CNCC1CCCS1. The van der Waals surface area contributed by atoms with E-state index in [2.05, 4.69) is 5.32 Å². The maximum Gasteiger partial charge on any atom is 0.0894 e. The second kappa shape index (κ2) is 5.80. The van der Waals surface area contributed by atoms with Gasteiger partial charge in [-0.05, 0) is 18.6 Å². The quantitative estimate of drug-likeness (QED) is 0.564. The molecular weight excluding hydrogens is 174 g/mol. The van der Waals surface area contributed by atoms with Crippen LogP contribution in [0.25, 0.3) is 0 Å². The lowest BCUT2D eigenvalue weighted by Gasteiger charge is -2.12. The van der Waals surface area contributed by atoms with Crippen LogP contribution in [0.4, 0.5) is 0 Å². The molecule has 0 radical (unpaired) electrons. The molecule has 0 spiro atoms. The smallest absolute Gasteiger partial charge is 0.0894 e. The molecule has 0 aromatic carbocycles. The Kier molecular flexibility index (Phi) is 4.99. The lowest BCUT2D eigenvalue weighted by atomic mass is 10.2. The summed E-state index contributed by atoms with van der Waals surface area (Å²) in [4.78, 5) is 0. The molecule has 0 bridgehead atoms. The fourth-order valence-corrected chi connectivity index (χ4v) is 2.52. The van der Waals surface area contributed by atoms with Crippen LogP contribution in [0.1, 0.15) is 12.8 Å². The van der Waals surface area contributed by atoms with E-state index in [9.17, 15) is 0 Å². The highest BCUT2D eigenvalue weighted by Gasteiger charge is 2.14. The van der Waals surface area contributed by atoms with Gasteiger partial charge in [-0.15, -0.1) is 0 Å². The van der Waals surface area contributed by atoms with Crippen molar-refractivity contribution in [2.75, 3.05) is 25.4 Å². The van der Waals surface area contributed by atoms with Crippen LogP contribution >= 0.6 is 11.8 Å². The van der Waals surface area contributed by atoms with Crippen LogP contribution in [0.2, 0.25) is 0 Å². The monoisotopic (exact) mass is 191 g/mol. The van der Waals surface area contributed by atoms with Gasteiger partial charge in [0.1, 0.15) is 0 Å². The maximum absolute atomic E-state index is 9.01. The number of thioether (sulfide) groups is 1. The Balaban J connectivity index is 1.94. The third kappa shape index (κ3) is 3.76. The minimum atomic E-state index is -0.601. The van der Waals surface area contributed by atoms with E-state index >= 15 is 0 Å². The van der Waals surface area contributed by atoms with Gasteiger partial charge in [0.15, 0.2) is 0 Å². The van der Waals surface area contributed by atoms with Crippen molar-refractivity contribution < 1.29 is 10.2 Å². The summed E-state index contributed by atoms with van der Waals surface area (Å²) in [5.41, 5.74) is 0. The Bertz CT molecular complexity index is 118. The summed E-state index contributed by atoms with van der Waals surface area (Å²) in [6.07, 6.45) is 2.00. The molecule has 0 aromatic heterocycles. The van der Waals surface area contributed by atoms with Gasteiger partial charge in [0.25, 0.3) is 0 Å². The van der Waals surface area contributed by atoms with Gasteiger partial charge in [0.2, 0.25) is 0 Å². The number of nitrogens with one attached hydrogen (secondary N) is 1. The van der Waals surface area contributed by atoms with E-state index in [1.165, 1.54) is 18.6 Å². The zero-order valence-corrected chi connectivity index (χ0v) is 8.02. The van der Waals surface area contributed by atoms with Crippen LogP contribution < -0.4 is 5.32 Å². The van der Waals surface area contributed by atoms with Gasteiger partial charge in [-0.2, -0.15) is 11.8 Å². The number of hydrogen-bond donors (Lipinski definition) is 3. The number of aliphatic hydroxyl groups is 2. The molecule has 0 amide bonds. The molecule has 1 fully saturated rings. The molecule has 1 aliphatic rings. The molecule has 3 N–H and O–H groups in total. The van der Waals surface area contributed by atoms with Crippen molar-refractivity contribution in [2.24, 2.45) is 0 Å². The summed E-state index contributed by atoms with van der Waals surface area (Å²) in [5.74, 6) is 1.27. The Hall–Kier alpha value is 0.230. The molecule has 1 rings (SSSR count). The van der Waals surface area contributed by atoms with Gasteiger partial charge in [-0.1, -0.05) is 0 Å². The average molecular weight is 191 g/mol. The maximum atomic E-state index is 9.01. The largest absolute Gasteiger partial charge is 0.394 e. The molecular formula is C8H17NO2S. The second-order valence-electron chi connectivity index (χ2n) is 3.13. The van der Waals surface area contributed by atoms with Gasteiger partial charge in [0.05, 0.1) is 12.7 Å². The van der Waals surface area contributed by atoms with E-state index < -0.39 is 6.10 Å². The molecule has 2 unspecified atom stereocenters. The van der Waals surface area contributed by atoms with Gasteiger partial charge in [-0.3, -0.25) is 0 Å². The van der Waals surface area contributed by atoms with Crippen LogP contribution in [0.5, 0.6) is 0 Å². The normalized spacial score (nSPS) is 26.0. The van der Waals surface area contributed by atoms with Crippen LogP contribution in [0.3, 0.4) is 0 Å². The summed E-state index contributed by atoms with van der Waals surface area (Å²) in [5, 5.41) is 21.4. The van der Waals surface area contributed by atoms with Crippen molar-refractivity contribution in [3.63, 3.8) is 0 Å². The highest BCUT2D eigenvalue weighted by atomic mass is 32.2. The summed E-state index contributed by atoms with van der Waals surface area (Å²) in [6, 6.07) is 0. The first-order chi connectivity index (χ1) is 5.83. The Morgan fingerprint density at radius 3 is 3.00 bits per heavy atom. The fraction of sp³-hybridized carbons (Fsp3) is 1.00. The highest BCUT2D eigenvalue weighted by molar-refractivity contribution is 8.00. The minimum absolute atomic E-state index is 0.148. The Labute approximate surface area is 77.5 Å². The van der Waals surface area contributed by atoms with Gasteiger partial charge in [0, 0.05) is 18.3 Å². The standard InChI is InChI=1S/C8H17NO2S/c10-6-7(11)4-9-5-8-2-1-3-12-8/h7-11H,1-6H2. The summed E-state index contributed by atoms with van der Waals surface area (Å²) < 4.78 is 0. The third-order valence-corrected chi connectivity index (χ3v) is 3.38. The minimum Gasteiger partial charge on any atom is -0.394 e. The lowest BCUT2D eigenvalue weighted by molar-refractivity contribution is 0.0946. The van der Waals surface area contributed by atoms with Crippen LogP contribution in [-0.2, 0) is 0 Å². The summed E-state index contributed by atoms with van der Waals surface area (Å²) in [6.45, 7) is 1.32. The van der Waals surface area contributed by atoms with Crippen LogP contribution in [-0.4, -0.2) is 47.0 Å². The van der Waals surface area contributed by atoms with Crippen molar-refractivity contribution in [3.05, 3.63) is 0 Å². The molecule has 3 nitrogen and oxygen atoms in total. The van der Waals surface area contributed by atoms with Crippen molar-refractivity contribution in [1.82, 2.24) is 5.32 Å². The van der Waals surface area contributed by atoms with E-state index in [1.54, 1.807) is 0 Å². The van der Waals surface area contributed by atoms with Gasteiger partial charge >= 0.3 is 0 Å². The molecule has 72 valence electrons. The molecule has 0 aliphatic carbocycles. The lowest BCUT2D eigenvalue weighted by Crippen LogP contribution is -2.33. The highest BCUT2D eigenvalue weighted by Crippen LogP contribution is 2.24. The summed E-state index contributed by atoms with van der Waals surface area (Å²) >= 11 is 1.99. The Morgan fingerprint density at radius 2 is 2.42 bits per heavy atom. The zero-order valence-electron chi connectivity index (χ0n) is 7.20. The van der Waals surface area contributed by atoms with E-state index in [4.69, 9.17) is 10.2 Å². The first-order valence-electron chi connectivity index (χ1n) is 4.44. The molecule has 1 saturated heterocycles. The molecule has 12 heavy (non-hydrogen) atoms. The van der Waals surface area contributed by atoms with Crippen LogP contribution in [0, 0.1) is 0 Å². The zero-order chi connectivity index (χ0) is 8.81. The van der Waals surface area contributed by atoms with Crippen molar-refractivity contribution >= 4 is 11.8 Å². The van der Waals surface area contributed by atoms with Crippen molar-refractivity contribution in [3.8, 4) is 0 Å². The first kappa shape index (κ1) is 10.3. The molecule has 1 aliphatic heterocycles. The molecule has 0 aromatic rings. The van der Waals surface area contributed by atoms with Crippen molar-refractivity contribution in [1.29, 1.82) is 0 Å². The van der Waals surface area contributed by atoms with E-state index in [1.807, 2.05) is 11.8 Å². The number of hydrogen-bond acceptors (Lipinski definition) is 4. The first-order valence-corrected chi connectivity index (χ1v) is 5.49. The van der Waals surface area contributed by atoms with Gasteiger partial charge in [-0.25, -0.2) is 0 Å². The van der Waals surface area contributed by atoms with E-state index in [0.29, 0.717) is 6.54 Å².